The summed E-state index contributed by atoms with van der Waals surface area (Å²) in [6, 6.07) is 7.34. The molecule has 2 rings (SSSR count). The standard InChI is InChI=1S/C18H29ClN2/c1-6-13(4)16-11-21(18(10-20-16)12(2)3)17-9-15(19)8-7-14(17)5/h7-9,12-13,16,18,20H,6,10-11H2,1-5H3. The molecule has 0 spiro atoms. The SMILES string of the molecule is CCC(C)C1CN(c2cc(Cl)ccc2C)C(C(C)C)CN1. The van der Waals surface area contributed by atoms with Gasteiger partial charge in [-0.05, 0) is 36.5 Å². The van der Waals surface area contributed by atoms with Crippen molar-refractivity contribution in [2.75, 3.05) is 18.0 Å². The number of piperazine rings is 1. The molecule has 21 heavy (non-hydrogen) atoms. The summed E-state index contributed by atoms with van der Waals surface area (Å²) in [6.45, 7) is 13.5. The van der Waals surface area contributed by atoms with Gasteiger partial charge < -0.3 is 10.2 Å². The highest BCUT2D eigenvalue weighted by atomic mass is 35.5. The number of hydrogen-bond donors (Lipinski definition) is 1. The molecule has 1 aliphatic heterocycles. The lowest BCUT2D eigenvalue weighted by Gasteiger charge is -2.46. The quantitative estimate of drug-likeness (QED) is 0.881. The number of anilines is 1. The summed E-state index contributed by atoms with van der Waals surface area (Å²) in [7, 11) is 0. The van der Waals surface area contributed by atoms with Crippen LogP contribution in [0.4, 0.5) is 5.69 Å². The second-order valence-electron chi connectivity index (χ2n) is 6.79. The second kappa shape index (κ2) is 7.02. The van der Waals surface area contributed by atoms with Crippen LogP contribution in [-0.4, -0.2) is 25.2 Å². The van der Waals surface area contributed by atoms with Crippen LogP contribution in [0.2, 0.25) is 5.02 Å². The van der Waals surface area contributed by atoms with Crippen molar-refractivity contribution in [1.29, 1.82) is 0 Å². The molecule has 1 aliphatic rings. The monoisotopic (exact) mass is 308 g/mol. The minimum Gasteiger partial charge on any atom is -0.365 e. The molecule has 2 nitrogen and oxygen atoms in total. The minimum atomic E-state index is 0.530. The van der Waals surface area contributed by atoms with E-state index in [1.54, 1.807) is 0 Å². The van der Waals surface area contributed by atoms with Crippen molar-refractivity contribution >= 4 is 17.3 Å². The summed E-state index contributed by atoms with van der Waals surface area (Å²) in [5.74, 6) is 1.31. The van der Waals surface area contributed by atoms with Gasteiger partial charge in [-0.3, -0.25) is 0 Å². The molecule has 3 heteroatoms. The second-order valence-corrected chi connectivity index (χ2v) is 7.23. The third kappa shape index (κ3) is 3.73. The molecule has 0 amide bonds. The van der Waals surface area contributed by atoms with Gasteiger partial charge in [-0.15, -0.1) is 0 Å². The molecule has 0 aromatic heterocycles. The van der Waals surface area contributed by atoms with Gasteiger partial charge in [-0.25, -0.2) is 0 Å². The minimum absolute atomic E-state index is 0.530. The maximum Gasteiger partial charge on any atom is 0.0438 e. The van der Waals surface area contributed by atoms with Crippen molar-refractivity contribution in [3.8, 4) is 0 Å². The lowest BCUT2D eigenvalue weighted by atomic mass is 9.91. The van der Waals surface area contributed by atoms with Gasteiger partial charge in [0.05, 0.1) is 0 Å². The molecule has 0 bridgehead atoms. The van der Waals surface area contributed by atoms with Crippen LogP contribution in [0, 0.1) is 18.8 Å². The highest BCUT2D eigenvalue weighted by molar-refractivity contribution is 6.30. The van der Waals surface area contributed by atoms with Crippen LogP contribution < -0.4 is 10.2 Å². The van der Waals surface area contributed by atoms with Crippen LogP contribution in [0.25, 0.3) is 0 Å². The third-order valence-corrected chi connectivity index (χ3v) is 5.20. The molecule has 1 aromatic carbocycles. The first-order valence-corrected chi connectivity index (χ1v) is 8.58. The van der Waals surface area contributed by atoms with Gasteiger partial charge in [0.1, 0.15) is 0 Å². The molecule has 1 saturated heterocycles. The number of benzene rings is 1. The Morgan fingerprint density at radius 3 is 2.67 bits per heavy atom. The highest BCUT2D eigenvalue weighted by Crippen LogP contribution is 2.30. The molecular weight excluding hydrogens is 280 g/mol. The Bertz CT molecular complexity index is 472. The lowest BCUT2D eigenvalue weighted by molar-refractivity contribution is 0.281. The van der Waals surface area contributed by atoms with Crippen molar-refractivity contribution in [3.63, 3.8) is 0 Å². The molecule has 0 saturated carbocycles. The zero-order valence-corrected chi connectivity index (χ0v) is 14.7. The summed E-state index contributed by atoms with van der Waals surface area (Å²) in [5.41, 5.74) is 2.62. The Balaban J connectivity index is 2.31. The van der Waals surface area contributed by atoms with E-state index in [4.69, 9.17) is 11.6 Å². The van der Waals surface area contributed by atoms with Gasteiger partial charge in [0, 0.05) is 35.9 Å². The highest BCUT2D eigenvalue weighted by Gasteiger charge is 2.32. The predicted octanol–water partition coefficient (Wildman–Crippen LogP) is 4.50. The summed E-state index contributed by atoms with van der Waals surface area (Å²) < 4.78 is 0. The van der Waals surface area contributed by atoms with Crippen molar-refractivity contribution in [3.05, 3.63) is 28.8 Å². The van der Waals surface area contributed by atoms with E-state index in [9.17, 15) is 0 Å². The summed E-state index contributed by atoms with van der Waals surface area (Å²) >= 11 is 6.25. The molecule has 3 unspecified atom stereocenters. The fraction of sp³-hybridized carbons (Fsp3) is 0.667. The van der Waals surface area contributed by atoms with E-state index in [2.05, 4.69) is 57.0 Å². The third-order valence-electron chi connectivity index (χ3n) is 4.96. The number of halogens is 1. The molecule has 1 aromatic rings. The van der Waals surface area contributed by atoms with Crippen molar-refractivity contribution < 1.29 is 0 Å². The van der Waals surface area contributed by atoms with E-state index in [0.717, 1.165) is 18.1 Å². The molecule has 3 atom stereocenters. The van der Waals surface area contributed by atoms with Gasteiger partial charge in [-0.2, -0.15) is 0 Å². The molecule has 0 aliphatic carbocycles. The van der Waals surface area contributed by atoms with Crippen LogP contribution in [0.15, 0.2) is 18.2 Å². The lowest BCUT2D eigenvalue weighted by Crippen LogP contribution is -2.60. The van der Waals surface area contributed by atoms with E-state index in [-0.39, 0.29) is 0 Å². The van der Waals surface area contributed by atoms with Gasteiger partial charge in [0.2, 0.25) is 0 Å². The summed E-state index contributed by atoms with van der Waals surface area (Å²) in [5, 5.41) is 4.59. The Morgan fingerprint density at radius 2 is 2.05 bits per heavy atom. The van der Waals surface area contributed by atoms with E-state index in [0.29, 0.717) is 23.9 Å². The Kier molecular flexibility index (Phi) is 5.56. The van der Waals surface area contributed by atoms with Crippen molar-refractivity contribution in [2.24, 2.45) is 11.8 Å². The number of nitrogens with one attached hydrogen (secondary N) is 1. The Labute approximate surface area is 134 Å². The number of nitrogens with zero attached hydrogens (tertiary/aromatic N) is 1. The van der Waals surface area contributed by atoms with Crippen LogP contribution in [-0.2, 0) is 0 Å². The first-order chi connectivity index (χ1) is 9.93. The van der Waals surface area contributed by atoms with E-state index in [1.165, 1.54) is 17.7 Å². The van der Waals surface area contributed by atoms with Crippen molar-refractivity contribution in [2.45, 2.75) is 53.1 Å². The summed E-state index contributed by atoms with van der Waals surface area (Å²) in [4.78, 5) is 2.58. The molecular formula is C18H29ClN2. The average Bonchev–Trinajstić information content (AvgIpc) is 2.48. The van der Waals surface area contributed by atoms with Gasteiger partial charge >= 0.3 is 0 Å². The first-order valence-electron chi connectivity index (χ1n) is 8.20. The first kappa shape index (κ1) is 16.6. The fourth-order valence-corrected chi connectivity index (χ4v) is 3.39. The van der Waals surface area contributed by atoms with Gasteiger partial charge in [0.25, 0.3) is 0 Å². The molecule has 1 heterocycles. The number of rotatable bonds is 4. The van der Waals surface area contributed by atoms with Crippen LogP contribution >= 0.6 is 11.6 Å². The smallest absolute Gasteiger partial charge is 0.0438 e. The molecule has 1 N–H and O–H groups in total. The predicted molar refractivity (Wildman–Crippen MR) is 93.4 cm³/mol. The maximum atomic E-state index is 6.25. The fourth-order valence-electron chi connectivity index (χ4n) is 3.22. The Morgan fingerprint density at radius 1 is 1.33 bits per heavy atom. The van der Waals surface area contributed by atoms with Gasteiger partial charge in [0.15, 0.2) is 0 Å². The largest absolute Gasteiger partial charge is 0.365 e. The van der Waals surface area contributed by atoms with E-state index >= 15 is 0 Å². The summed E-state index contributed by atoms with van der Waals surface area (Å²) in [6.07, 6.45) is 1.21. The topological polar surface area (TPSA) is 15.3 Å². The normalized spacial score (nSPS) is 24.4. The van der Waals surface area contributed by atoms with Crippen LogP contribution in [0.5, 0.6) is 0 Å². The van der Waals surface area contributed by atoms with Crippen molar-refractivity contribution in [1.82, 2.24) is 5.32 Å². The zero-order valence-electron chi connectivity index (χ0n) is 14.0. The average molecular weight is 309 g/mol. The van der Waals surface area contributed by atoms with Crippen LogP contribution in [0.3, 0.4) is 0 Å². The van der Waals surface area contributed by atoms with Crippen LogP contribution in [0.1, 0.15) is 39.7 Å². The Hall–Kier alpha value is -0.730. The number of hydrogen-bond acceptors (Lipinski definition) is 2. The van der Waals surface area contributed by atoms with Gasteiger partial charge in [-0.1, -0.05) is 51.8 Å². The van der Waals surface area contributed by atoms with E-state index in [1.807, 2.05) is 6.07 Å². The maximum absolute atomic E-state index is 6.25. The zero-order chi connectivity index (χ0) is 15.6. The molecule has 0 radical (unpaired) electrons. The molecule has 118 valence electrons. The number of aryl methyl sites for hydroxylation is 1. The van der Waals surface area contributed by atoms with E-state index < -0.39 is 0 Å². The molecule has 1 fully saturated rings.